The number of benzene rings is 4. The molecule has 20 heteroatoms. The van der Waals surface area contributed by atoms with Crippen molar-refractivity contribution in [1.29, 1.82) is 0 Å². The van der Waals surface area contributed by atoms with Gasteiger partial charge in [-0.15, -0.1) is 0 Å². The quantitative estimate of drug-likeness (QED) is 0.0628. The number of nitrogens with zero attached hydrogens (tertiary/aromatic N) is 12. The molecule has 12 aromatic rings. The van der Waals surface area contributed by atoms with Gasteiger partial charge in [-0.25, -0.2) is 17.6 Å². The van der Waals surface area contributed by atoms with Gasteiger partial charge in [0.1, 0.15) is 52.1 Å². The summed E-state index contributed by atoms with van der Waals surface area (Å²) in [4.78, 5) is 24.6. The Bertz CT molecular complexity index is 4770. The minimum absolute atomic E-state index is 0.231. The van der Waals surface area contributed by atoms with Gasteiger partial charge < -0.3 is 15.1 Å². The number of aliphatic hydroxyl groups is 1. The molecule has 0 amide bonds. The molecule has 94 heavy (non-hydrogen) atoms. The normalized spacial score (nSPS) is 14.8. The molecule has 0 aliphatic heterocycles. The first-order valence-corrected chi connectivity index (χ1v) is 31.2. The van der Waals surface area contributed by atoms with Crippen LogP contribution < -0.4 is 4.73 Å². The number of aryl methyl sites for hydroxylation is 5. The second-order valence-electron chi connectivity index (χ2n) is 23.9. The summed E-state index contributed by atoms with van der Waals surface area (Å²) in [6.07, 6.45) is 23.0. The number of esters is 1. The zero-order valence-corrected chi connectivity index (χ0v) is 52.4. The van der Waals surface area contributed by atoms with Gasteiger partial charge >= 0.3 is 5.97 Å². The second-order valence-corrected chi connectivity index (χ2v) is 23.9. The van der Waals surface area contributed by atoms with Gasteiger partial charge in [-0.2, -0.15) is 25.1 Å². The van der Waals surface area contributed by atoms with Gasteiger partial charge in [0.05, 0.1) is 17.5 Å². The van der Waals surface area contributed by atoms with E-state index in [1.54, 1.807) is 81.2 Å². The van der Waals surface area contributed by atoms with Crippen molar-refractivity contribution >= 4 is 5.97 Å². The highest BCUT2D eigenvalue weighted by atomic mass is 19.1. The molecule has 16 rings (SSSR count). The predicted molar refractivity (Wildman–Crippen MR) is 349 cm³/mol. The minimum atomic E-state index is -0.490. The summed E-state index contributed by atoms with van der Waals surface area (Å²) in [6.45, 7) is 1.41. The third-order valence-electron chi connectivity index (χ3n) is 17.5. The maximum atomic E-state index is 13.3. The number of aliphatic hydroxyl groups excluding tert-OH is 1. The molecule has 0 spiro atoms. The van der Waals surface area contributed by atoms with Crippen LogP contribution in [0.3, 0.4) is 0 Å². The van der Waals surface area contributed by atoms with Crippen molar-refractivity contribution in [2.24, 2.45) is 28.2 Å². The lowest BCUT2D eigenvalue weighted by Gasteiger charge is -2.12. The van der Waals surface area contributed by atoms with Crippen LogP contribution in [0.25, 0.3) is 89.5 Å². The number of aromatic nitrogens is 12. The molecular formula is C74H66F4N12O4. The van der Waals surface area contributed by atoms with Gasteiger partial charge in [0.25, 0.3) is 0 Å². The fourth-order valence-electron chi connectivity index (χ4n) is 13.3. The van der Waals surface area contributed by atoms with Crippen LogP contribution >= 0.6 is 0 Å². The fourth-order valence-corrected chi connectivity index (χ4v) is 13.3. The smallest absolute Gasteiger partial charge is 0.303 e. The highest BCUT2D eigenvalue weighted by molar-refractivity contribution is 5.86. The zero-order chi connectivity index (χ0) is 65.3. The Labute approximate surface area is 540 Å². The van der Waals surface area contributed by atoms with Crippen molar-refractivity contribution in [2.75, 3.05) is 0 Å². The van der Waals surface area contributed by atoms with E-state index in [-0.39, 0.29) is 35.3 Å². The van der Waals surface area contributed by atoms with E-state index in [1.807, 2.05) is 82.1 Å². The summed E-state index contributed by atoms with van der Waals surface area (Å²) >= 11 is 0. The predicted octanol–water partition coefficient (Wildman–Crippen LogP) is 13.9. The van der Waals surface area contributed by atoms with Gasteiger partial charge in [0.15, 0.2) is 11.9 Å². The van der Waals surface area contributed by atoms with Gasteiger partial charge in [-0.05, 0) is 206 Å². The SMILES string of the molecule is CC(=O)OC1CCc2c(-c3cn(C)nc3-c3ccc(F)cc3)ccnc21.Cn1cc(-c2cc[n+]([O-])c3c2CCC3)c(-c2ccc(F)cc2)n1.Cn1cc(-c2ccnc3c2CCC3)c(-c2ccc(F)cc2)n1.Cn1cc(-c2ccnc3c2CCC3O)c(-c2ccc(F)cc2)n1. The van der Waals surface area contributed by atoms with Crippen LogP contribution in [0.4, 0.5) is 17.6 Å². The van der Waals surface area contributed by atoms with Crippen LogP contribution in [0.1, 0.15) is 89.8 Å². The highest BCUT2D eigenvalue weighted by Gasteiger charge is 2.32. The van der Waals surface area contributed by atoms with E-state index < -0.39 is 6.10 Å². The van der Waals surface area contributed by atoms with E-state index >= 15 is 0 Å². The van der Waals surface area contributed by atoms with Crippen LogP contribution in [0.15, 0.2) is 171 Å². The summed E-state index contributed by atoms with van der Waals surface area (Å²) in [5.41, 5.74) is 23.4. The fraction of sp³-hybridized carbons (Fsp3) is 0.230. The molecule has 474 valence electrons. The first-order valence-electron chi connectivity index (χ1n) is 31.2. The summed E-state index contributed by atoms with van der Waals surface area (Å²) in [5, 5.41) is 40.2. The topological polar surface area (TPSA) is 183 Å². The Morgan fingerprint density at radius 2 is 0.830 bits per heavy atom. The minimum Gasteiger partial charge on any atom is -0.618 e. The number of pyridine rings is 4. The second kappa shape index (κ2) is 26.5. The number of halogens is 4. The molecule has 4 aliphatic rings. The third-order valence-corrected chi connectivity index (χ3v) is 17.5. The average molecular weight is 1260 g/mol. The molecule has 4 aromatic carbocycles. The molecule has 0 bridgehead atoms. The van der Waals surface area contributed by atoms with E-state index in [1.165, 1.54) is 72.3 Å². The summed E-state index contributed by atoms with van der Waals surface area (Å²) in [6, 6.07) is 33.4. The number of fused-ring (bicyclic) bond motifs is 4. The summed E-state index contributed by atoms with van der Waals surface area (Å²) in [5.74, 6) is -1.34. The van der Waals surface area contributed by atoms with E-state index in [9.17, 15) is 32.7 Å². The molecule has 8 heterocycles. The molecule has 0 fully saturated rings. The van der Waals surface area contributed by atoms with Crippen LogP contribution in [0.2, 0.25) is 0 Å². The summed E-state index contributed by atoms with van der Waals surface area (Å²) < 4.78 is 66.3. The van der Waals surface area contributed by atoms with Crippen molar-refractivity contribution in [3.8, 4) is 89.5 Å². The molecule has 1 N–H and O–H groups in total. The molecule has 0 saturated carbocycles. The Morgan fingerprint density at radius 1 is 0.457 bits per heavy atom. The maximum Gasteiger partial charge on any atom is 0.303 e. The lowest BCUT2D eigenvalue weighted by Crippen LogP contribution is -2.31. The molecular weight excluding hydrogens is 1200 g/mol. The third kappa shape index (κ3) is 12.8. The number of hydrogen-bond acceptors (Lipinski definition) is 11. The van der Waals surface area contributed by atoms with Crippen LogP contribution in [0, 0.1) is 28.5 Å². The van der Waals surface area contributed by atoms with E-state index in [4.69, 9.17) is 4.74 Å². The van der Waals surface area contributed by atoms with Crippen molar-refractivity contribution in [1.82, 2.24) is 54.1 Å². The Balaban J connectivity index is 0.000000114. The number of ether oxygens (including phenoxy) is 1. The molecule has 2 unspecified atom stereocenters. The van der Waals surface area contributed by atoms with Gasteiger partial charge in [-0.1, -0.05) is 0 Å². The van der Waals surface area contributed by atoms with E-state index in [2.05, 4.69) is 41.4 Å². The van der Waals surface area contributed by atoms with Gasteiger partial charge in [0.2, 0.25) is 0 Å². The lowest BCUT2D eigenvalue weighted by atomic mass is 9.97. The maximum absolute atomic E-state index is 13.3. The monoisotopic (exact) mass is 1260 g/mol. The number of hydrogen-bond donors (Lipinski definition) is 1. The largest absolute Gasteiger partial charge is 0.618 e. The van der Waals surface area contributed by atoms with Crippen LogP contribution in [-0.4, -0.2) is 65.1 Å². The Kier molecular flexibility index (Phi) is 17.5. The zero-order valence-electron chi connectivity index (χ0n) is 52.4. The van der Waals surface area contributed by atoms with Crippen molar-refractivity contribution in [3.63, 3.8) is 0 Å². The highest BCUT2D eigenvalue weighted by Crippen LogP contribution is 2.43. The molecule has 2 atom stereocenters. The summed E-state index contributed by atoms with van der Waals surface area (Å²) in [7, 11) is 7.51. The number of carbonyl (C=O) groups is 1. The van der Waals surface area contributed by atoms with Crippen molar-refractivity contribution in [2.45, 2.75) is 83.3 Å². The van der Waals surface area contributed by atoms with Crippen molar-refractivity contribution < 1.29 is 36.9 Å². The molecule has 4 aliphatic carbocycles. The van der Waals surface area contributed by atoms with Crippen LogP contribution in [-0.2, 0) is 76.2 Å². The van der Waals surface area contributed by atoms with Gasteiger partial charge in [0, 0.05) is 152 Å². The number of rotatable bonds is 9. The molecule has 0 saturated heterocycles. The Hall–Kier alpha value is -10.7. The molecule has 8 aromatic heterocycles. The Morgan fingerprint density at radius 3 is 1.28 bits per heavy atom. The lowest BCUT2D eigenvalue weighted by molar-refractivity contribution is -0.613. The number of carbonyl (C=O) groups excluding carboxylic acids is 1. The first kappa shape index (κ1) is 62.1. The van der Waals surface area contributed by atoms with E-state index in [0.717, 1.165) is 180 Å². The molecule has 0 radical (unpaired) electrons. The van der Waals surface area contributed by atoms with Crippen molar-refractivity contribution in [3.05, 3.63) is 244 Å². The average Bonchev–Trinajstić information content (AvgIpc) is 1.65. The van der Waals surface area contributed by atoms with E-state index in [0.29, 0.717) is 6.42 Å². The van der Waals surface area contributed by atoms with Gasteiger partial charge in [-0.3, -0.25) is 38.5 Å². The van der Waals surface area contributed by atoms with Crippen LogP contribution in [0.5, 0.6) is 0 Å². The molecule has 16 nitrogen and oxygen atoms in total. The first-order chi connectivity index (χ1) is 45.5. The standard InChI is InChI=1S/C20H18FN3O2.2C18H16FN3O.C18H16FN3/c1-12(25)26-18-8-7-16-15(9-10-22-20(16)18)17-11-24(2)23-19(17)13-3-5-14(21)6-4-13;1-22-10-15(17(21-22)11-2-4-12(19)5-3-11)13-8-9-20-18-14(13)6-7-16(18)23;1-21-11-16(18(20-21)12-5-7-13(19)8-6-12)14-9-10-22(23)17-4-2-3-15(14)17;1-22-11-16(14-9-10-20-17-4-2-3-15(14)17)18(21-22)12-5-7-13(19)8-6-12/h3-6,9-11,18H,7-8H2,1-2H3;2-5,8-10,16,23H,6-7H2,1H3;5-11H,2-4H2,1H3;5-11H,2-4H2,1H3.